The van der Waals surface area contributed by atoms with Crippen molar-refractivity contribution in [3.05, 3.63) is 229 Å². The Morgan fingerprint density at radius 2 is 0.885 bits per heavy atom. The fourth-order valence-electron chi connectivity index (χ4n) is 10.1. The van der Waals surface area contributed by atoms with Crippen molar-refractivity contribution in [3.8, 4) is 62.5 Å². The summed E-state index contributed by atoms with van der Waals surface area (Å²) in [5, 5.41) is 4.38. The number of rotatable bonds is 4. The van der Waals surface area contributed by atoms with Crippen molar-refractivity contribution in [2.75, 3.05) is 0 Å². The molecule has 1 aliphatic carbocycles. The lowest BCUT2D eigenvalue weighted by atomic mass is 9.66. The molecule has 0 atom stereocenters. The molecule has 2 aliphatic rings. The van der Waals surface area contributed by atoms with Gasteiger partial charge in [-0.3, -0.25) is 4.57 Å². The van der Waals surface area contributed by atoms with E-state index in [0.717, 1.165) is 77.5 Å². The van der Waals surface area contributed by atoms with Crippen molar-refractivity contribution in [3.63, 3.8) is 0 Å². The van der Waals surface area contributed by atoms with Crippen LogP contribution in [0.5, 0.6) is 11.5 Å². The molecular weight excluding hydrogens is 745 g/mol. The number of hydrogen-bond acceptors (Lipinski definition) is 4. The molecule has 11 aromatic rings. The summed E-state index contributed by atoms with van der Waals surface area (Å²) in [5.74, 6) is 3.32. The number of hydrogen-bond donors (Lipinski definition) is 0. The molecule has 13 rings (SSSR count). The maximum absolute atomic E-state index is 7.30. The zero-order chi connectivity index (χ0) is 40.1. The molecule has 0 saturated heterocycles. The number of fused-ring (bicyclic) bond motifs is 15. The van der Waals surface area contributed by atoms with Gasteiger partial charge in [-0.15, -0.1) is 0 Å². The first-order chi connectivity index (χ1) is 30.3. The summed E-state index contributed by atoms with van der Waals surface area (Å²) in [6, 6.07) is 73.0. The molecule has 0 amide bonds. The minimum absolute atomic E-state index is 0.518. The predicted molar refractivity (Wildman–Crippen MR) is 245 cm³/mol. The molecule has 0 bridgehead atoms. The summed E-state index contributed by atoms with van der Waals surface area (Å²) in [4.78, 5) is 16.0. The average molecular weight is 779 g/mol. The minimum atomic E-state index is -0.630. The van der Waals surface area contributed by atoms with Crippen molar-refractivity contribution in [1.82, 2.24) is 19.5 Å². The number of ether oxygens (including phenoxy) is 1. The van der Waals surface area contributed by atoms with Crippen LogP contribution < -0.4 is 4.74 Å². The molecule has 1 aliphatic heterocycles. The van der Waals surface area contributed by atoms with Crippen LogP contribution in [0.1, 0.15) is 22.3 Å². The van der Waals surface area contributed by atoms with E-state index in [0.29, 0.717) is 17.6 Å². The molecule has 0 saturated carbocycles. The first-order valence-electron chi connectivity index (χ1n) is 20.7. The van der Waals surface area contributed by atoms with E-state index in [9.17, 15) is 0 Å². The quantitative estimate of drug-likeness (QED) is 0.179. The molecule has 5 nitrogen and oxygen atoms in total. The molecule has 3 heterocycles. The Kier molecular flexibility index (Phi) is 7.16. The molecule has 1 spiro atoms. The summed E-state index contributed by atoms with van der Waals surface area (Å²) in [6.07, 6.45) is 0. The summed E-state index contributed by atoms with van der Waals surface area (Å²) < 4.78 is 9.55. The summed E-state index contributed by atoms with van der Waals surface area (Å²) in [6.45, 7) is 0. The third kappa shape index (κ3) is 4.80. The zero-order valence-electron chi connectivity index (χ0n) is 32.8. The fraction of sp³-hybridized carbons (Fsp3) is 0.0179. The van der Waals surface area contributed by atoms with Gasteiger partial charge < -0.3 is 4.74 Å². The summed E-state index contributed by atoms with van der Waals surface area (Å²) in [7, 11) is 0. The maximum Gasteiger partial charge on any atom is 0.238 e. The standard InChI is InChI=1S/C56H34N4O/c1-3-15-35(16-4-1)36-27-29-39(30-28-36)54-57-53(38-18-5-2-6-19-38)58-55(59-54)60-50-40-20-8-7-17-37(40)31-32-43(50)44-33-34-48-52(51(44)60)61-49-26-14-13-25-47(49)56(48)45-23-11-9-21-41(45)42-22-10-12-24-46(42)56/h1-34H. The van der Waals surface area contributed by atoms with E-state index in [1.165, 1.54) is 22.3 Å². The van der Waals surface area contributed by atoms with Gasteiger partial charge in [-0.2, -0.15) is 9.97 Å². The first-order valence-corrected chi connectivity index (χ1v) is 20.7. The number of benzene rings is 9. The molecule has 284 valence electrons. The Hall–Kier alpha value is -8.15. The van der Waals surface area contributed by atoms with Crippen LogP contribution in [0.3, 0.4) is 0 Å². The maximum atomic E-state index is 7.30. The van der Waals surface area contributed by atoms with Crippen LogP contribution in [0.2, 0.25) is 0 Å². The number of aromatic nitrogens is 4. The molecule has 5 heteroatoms. The lowest BCUT2D eigenvalue weighted by molar-refractivity contribution is 0.440. The molecule has 0 N–H and O–H groups in total. The van der Waals surface area contributed by atoms with Crippen molar-refractivity contribution in [2.45, 2.75) is 5.41 Å². The Balaban J connectivity index is 1.16. The molecule has 2 aromatic heterocycles. The van der Waals surface area contributed by atoms with Crippen molar-refractivity contribution < 1.29 is 4.74 Å². The van der Waals surface area contributed by atoms with E-state index in [1.54, 1.807) is 0 Å². The zero-order valence-corrected chi connectivity index (χ0v) is 32.8. The van der Waals surface area contributed by atoms with Gasteiger partial charge in [0, 0.05) is 38.4 Å². The summed E-state index contributed by atoms with van der Waals surface area (Å²) in [5.41, 5.74) is 12.6. The van der Waals surface area contributed by atoms with Gasteiger partial charge in [-0.25, -0.2) is 4.98 Å². The van der Waals surface area contributed by atoms with Crippen molar-refractivity contribution in [2.24, 2.45) is 0 Å². The van der Waals surface area contributed by atoms with Crippen LogP contribution in [0.15, 0.2) is 206 Å². The van der Waals surface area contributed by atoms with E-state index < -0.39 is 5.41 Å². The molecule has 61 heavy (non-hydrogen) atoms. The fourth-order valence-corrected chi connectivity index (χ4v) is 10.1. The van der Waals surface area contributed by atoms with E-state index >= 15 is 0 Å². The Morgan fingerprint density at radius 3 is 1.61 bits per heavy atom. The van der Waals surface area contributed by atoms with E-state index in [1.807, 2.05) is 24.3 Å². The molecule has 9 aromatic carbocycles. The van der Waals surface area contributed by atoms with Crippen LogP contribution in [0.25, 0.3) is 83.6 Å². The van der Waals surface area contributed by atoms with Gasteiger partial charge in [0.15, 0.2) is 17.4 Å². The monoisotopic (exact) mass is 778 g/mol. The van der Waals surface area contributed by atoms with Gasteiger partial charge in [-0.1, -0.05) is 200 Å². The normalized spacial score (nSPS) is 13.2. The number of para-hydroxylation sites is 1. The third-order valence-corrected chi connectivity index (χ3v) is 12.7. The lowest BCUT2D eigenvalue weighted by Gasteiger charge is -2.39. The van der Waals surface area contributed by atoms with Crippen molar-refractivity contribution >= 4 is 32.6 Å². The molecule has 0 fully saturated rings. The van der Waals surface area contributed by atoms with Crippen LogP contribution in [0.4, 0.5) is 0 Å². The van der Waals surface area contributed by atoms with Gasteiger partial charge >= 0.3 is 0 Å². The van der Waals surface area contributed by atoms with Crippen LogP contribution in [0, 0.1) is 0 Å². The Labute approximate surface area is 351 Å². The van der Waals surface area contributed by atoms with E-state index in [-0.39, 0.29) is 0 Å². The molecule has 0 radical (unpaired) electrons. The predicted octanol–water partition coefficient (Wildman–Crippen LogP) is 13.6. The third-order valence-electron chi connectivity index (χ3n) is 12.7. The second kappa shape index (κ2) is 12.9. The topological polar surface area (TPSA) is 52.8 Å². The highest BCUT2D eigenvalue weighted by Gasteiger charge is 2.51. The van der Waals surface area contributed by atoms with Crippen LogP contribution in [-0.2, 0) is 5.41 Å². The highest BCUT2D eigenvalue weighted by atomic mass is 16.5. The first kappa shape index (κ1) is 33.8. The second-order valence-corrected chi connectivity index (χ2v) is 15.9. The van der Waals surface area contributed by atoms with Gasteiger partial charge in [0.05, 0.1) is 10.9 Å². The Bertz CT molecular complexity index is 3510. The van der Waals surface area contributed by atoms with Gasteiger partial charge in [0.25, 0.3) is 0 Å². The van der Waals surface area contributed by atoms with E-state index in [2.05, 4.69) is 187 Å². The highest BCUT2D eigenvalue weighted by molar-refractivity contribution is 6.20. The van der Waals surface area contributed by atoms with E-state index in [4.69, 9.17) is 19.7 Å². The van der Waals surface area contributed by atoms with Gasteiger partial charge in [0.2, 0.25) is 5.95 Å². The van der Waals surface area contributed by atoms with Gasteiger partial charge in [-0.05, 0) is 44.8 Å². The molecular formula is C56H34N4O. The molecule has 0 unspecified atom stereocenters. The van der Waals surface area contributed by atoms with Crippen LogP contribution in [-0.4, -0.2) is 19.5 Å². The smallest absolute Gasteiger partial charge is 0.238 e. The lowest BCUT2D eigenvalue weighted by Crippen LogP contribution is -2.32. The van der Waals surface area contributed by atoms with Crippen LogP contribution >= 0.6 is 0 Å². The minimum Gasteiger partial charge on any atom is -0.454 e. The van der Waals surface area contributed by atoms with Gasteiger partial charge in [0.1, 0.15) is 11.3 Å². The summed E-state index contributed by atoms with van der Waals surface area (Å²) >= 11 is 0. The second-order valence-electron chi connectivity index (χ2n) is 15.9. The highest BCUT2D eigenvalue weighted by Crippen LogP contribution is 2.63. The Morgan fingerprint density at radius 1 is 0.361 bits per heavy atom. The largest absolute Gasteiger partial charge is 0.454 e. The van der Waals surface area contributed by atoms with Crippen molar-refractivity contribution in [1.29, 1.82) is 0 Å². The SMILES string of the molecule is c1ccc(-c2ccc(-c3nc(-c4ccccc4)nc(-n4c5c6c(ccc5c5ccc7ccccc7c54)C4(c5ccccc5O6)c5ccccc5-c5ccccc54)n3)cc2)cc1. The number of nitrogens with zero attached hydrogens (tertiary/aromatic N) is 4. The average Bonchev–Trinajstić information content (AvgIpc) is 3.84.